The van der Waals surface area contributed by atoms with Crippen molar-refractivity contribution in [3.63, 3.8) is 0 Å². The molecule has 0 radical (unpaired) electrons. The van der Waals surface area contributed by atoms with E-state index >= 15 is 0 Å². The Labute approximate surface area is 182 Å². The van der Waals surface area contributed by atoms with Crippen molar-refractivity contribution in [1.82, 2.24) is 14.7 Å². The van der Waals surface area contributed by atoms with Crippen molar-refractivity contribution in [2.45, 2.75) is 57.4 Å². The summed E-state index contributed by atoms with van der Waals surface area (Å²) in [5.74, 6) is 1.91. The lowest BCUT2D eigenvalue weighted by Crippen LogP contribution is -2.68. The molecule has 0 unspecified atom stereocenters. The summed E-state index contributed by atoms with van der Waals surface area (Å²) in [7, 11) is 0. The van der Waals surface area contributed by atoms with Crippen molar-refractivity contribution in [3.8, 4) is 0 Å². The first-order valence-corrected chi connectivity index (χ1v) is 11.6. The summed E-state index contributed by atoms with van der Waals surface area (Å²) in [4.78, 5) is 33.4. The Morgan fingerprint density at radius 1 is 1.03 bits per heavy atom. The number of hydrogen-bond donors (Lipinski definition) is 0. The minimum Gasteiger partial charge on any atom is -0.468 e. The molecular formula is C25H29N3O3. The summed E-state index contributed by atoms with van der Waals surface area (Å²) in [6.45, 7) is 3.90. The van der Waals surface area contributed by atoms with E-state index < -0.39 is 0 Å². The maximum absolute atomic E-state index is 13.9. The third-order valence-corrected chi connectivity index (χ3v) is 7.78. The van der Waals surface area contributed by atoms with Gasteiger partial charge in [0.1, 0.15) is 11.8 Å². The van der Waals surface area contributed by atoms with Crippen molar-refractivity contribution < 1.29 is 14.0 Å². The summed E-state index contributed by atoms with van der Waals surface area (Å²) in [6.07, 6.45) is 5.30. The molecule has 6 heteroatoms. The van der Waals surface area contributed by atoms with E-state index in [0.29, 0.717) is 25.4 Å². The lowest BCUT2D eigenvalue weighted by molar-refractivity contribution is -0.166. The molecule has 162 valence electrons. The molecule has 2 aromatic rings. The minimum absolute atomic E-state index is 0.139. The van der Waals surface area contributed by atoms with Gasteiger partial charge < -0.3 is 14.2 Å². The smallest absolute Gasteiger partial charge is 0.246 e. The molecule has 5 heterocycles. The van der Waals surface area contributed by atoms with Gasteiger partial charge in [-0.2, -0.15) is 0 Å². The van der Waals surface area contributed by atoms with Crippen LogP contribution in [0, 0.1) is 11.8 Å². The molecule has 31 heavy (non-hydrogen) atoms. The van der Waals surface area contributed by atoms with Crippen LogP contribution in [0.3, 0.4) is 0 Å². The van der Waals surface area contributed by atoms with Gasteiger partial charge in [-0.3, -0.25) is 14.5 Å². The van der Waals surface area contributed by atoms with Crippen LogP contribution in [0.4, 0.5) is 0 Å². The molecule has 0 aliphatic carbocycles. The molecule has 3 saturated heterocycles. The molecule has 4 aliphatic heterocycles. The van der Waals surface area contributed by atoms with E-state index in [9.17, 15) is 9.59 Å². The van der Waals surface area contributed by atoms with Crippen LogP contribution in [-0.2, 0) is 29.2 Å². The van der Waals surface area contributed by atoms with E-state index in [-0.39, 0.29) is 29.8 Å². The molecule has 1 aromatic heterocycles. The highest BCUT2D eigenvalue weighted by molar-refractivity contribution is 5.89. The maximum atomic E-state index is 13.9. The van der Waals surface area contributed by atoms with Crippen LogP contribution in [0.25, 0.3) is 0 Å². The van der Waals surface area contributed by atoms with E-state index in [4.69, 9.17) is 4.42 Å². The Kier molecular flexibility index (Phi) is 4.64. The first-order chi connectivity index (χ1) is 15.2. The zero-order valence-corrected chi connectivity index (χ0v) is 17.8. The van der Waals surface area contributed by atoms with Crippen molar-refractivity contribution >= 4 is 11.8 Å². The van der Waals surface area contributed by atoms with Crippen molar-refractivity contribution in [2.24, 2.45) is 11.8 Å². The largest absolute Gasteiger partial charge is 0.468 e. The zero-order valence-electron chi connectivity index (χ0n) is 17.8. The van der Waals surface area contributed by atoms with Crippen LogP contribution in [0.1, 0.15) is 42.6 Å². The predicted octanol–water partition coefficient (Wildman–Crippen LogP) is 3.02. The average Bonchev–Trinajstić information content (AvgIpc) is 3.44. The highest BCUT2D eigenvalue weighted by Gasteiger charge is 2.53. The Morgan fingerprint density at radius 3 is 2.55 bits per heavy atom. The third-order valence-electron chi connectivity index (χ3n) is 7.78. The second-order valence-corrected chi connectivity index (χ2v) is 9.70. The number of fused-ring (bicyclic) bond motifs is 5. The number of furan rings is 1. The fourth-order valence-corrected chi connectivity index (χ4v) is 6.50. The van der Waals surface area contributed by atoms with Gasteiger partial charge in [0.2, 0.25) is 11.8 Å². The molecule has 0 saturated carbocycles. The monoisotopic (exact) mass is 419 g/mol. The van der Waals surface area contributed by atoms with Crippen LogP contribution in [0.2, 0.25) is 0 Å². The van der Waals surface area contributed by atoms with Gasteiger partial charge in [-0.25, -0.2) is 0 Å². The summed E-state index contributed by atoms with van der Waals surface area (Å²) < 4.78 is 5.59. The van der Waals surface area contributed by atoms with Gasteiger partial charge in [0.05, 0.1) is 12.8 Å². The van der Waals surface area contributed by atoms with E-state index in [1.807, 2.05) is 34.1 Å². The molecule has 2 bridgehead atoms. The van der Waals surface area contributed by atoms with Crippen molar-refractivity contribution in [2.75, 3.05) is 13.1 Å². The number of piperidine rings is 3. The second kappa shape index (κ2) is 7.52. The van der Waals surface area contributed by atoms with Crippen molar-refractivity contribution in [1.29, 1.82) is 0 Å². The number of likely N-dealkylation sites (tertiary alicyclic amines) is 1. The molecule has 0 spiro atoms. The molecule has 0 N–H and O–H groups in total. The fraction of sp³-hybridized carbons (Fsp3) is 0.520. The highest BCUT2D eigenvalue weighted by Crippen LogP contribution is 2.43. The lowest BCUT2D eigenvalue weighted by Gasteiger charge is -2.56. The van der Waals surface area contributed by atoms with Gasteiger partial charge in [-0.15, -0.1) is 0 Å². The predicted molar refractivity (Wildman–Crippen MR) is 115 cm³/mol. The number of carbonyl (C=O) groups is 2. The molecule has 2 amide bonds. The molecule has 4 aliphatic rings. The normalized spacial score (nSPS) is 30.3. The highest BCUT2D eigenvalue weighted by atomic mass is 16.3. The summed E-state index contributed by atoms with van der Waals surface area (Å²) in [5.41, 5.74) is 2.46. The number of benzene rings is 1. The molecular weight excluding hydrogens is 390 g/mol. The summed E-state index contributed by atoms with van der Waals surface area (Å²) in [5, 5.41) is 0. The molecule has 6 nitrogen and oxygen atoms in total. The summed E-state index contributed by atoms with van der Waals surface area (Å²) >= 11 is 0. The van der Waals surface area contributed by atoms with Gasteiger partial charge >= 0.3 is 0 Å². The van der Waals surface area contributed by atoms with Gasteiger partial charge in [-0.1, -0.05) is 24.3 Å². The van der Waals surface area contributed by atoms with Crippen LogP contribution in [-0.4, -0.2) is 51.7 Å². The first-order valence-electron chi connectivity index (χ1n) is 11.6. The van der Waals surface area contributed by atoms with Gasteiger partial charge in [0.15, 0.2) is 0 Å². The van der Waals surface area contributed by atoms with Gasteiger partial charge in [0.25, 0.3) is 0 Å². The molecule has 6 rings (SSSR count). The van der Waals surface area contributed by atoms with E-state index in [2.05, 4.69) is 17.0 Å². The number of amides is 2. The van der Waals surface area contributed by atoms with Gasteiger partial charge in [-0.05, 0) is 48.4 Å². The maximum Gasteiger partial charge on any atom is 0.246 e. The summed E-state index contributed by atoms with van der Waals surface area (Å²) in [6, 6.07) is 12.1. The average molecular weight is 420 g/mol. The third kappa shape index (κ3) is 3.28. The Morgan fingerprint density at radius 2 is 1.81 bits per heavy atom. The first kappa shape index (κ1) is 19.1. The zero-order chi connectivity index (χ0) is 20.9. The number of carbonyl (C=O) groups excluding carboxylic acids is 2. The van der Waals surface area contributed by atoms with Gasteiger partial charge in [0, 0.05) is 44.6 Å². The fourth-order valence-electron chi connectivity index (χ4n) is 6.50. The van der Waals surface area contributed by atoms with Crippen LogP contribution in [0.15, 0.2) is 47.1 Å². The number of nitrogens with zero attached hydrogens (tertiary/aromatic N) is 3. The van der Waals surface area contributed by atoms with Crippen LogP contribution >= 0.6 is 0 Å². The lowest BCUT2D eigenvalue weighted by atomic mass is 9.71. The topological polar surface area (TPSA) is 57.0 Å². The second-order valence-electron chi connectivity index (χ2n) is 9.70. The molecule has 1 aromatic carbocycles. The standard InChI is InChI=1S/C25H29N3O3/c29-23-9-3-8-22-19-11-20(13-26(12-19)16-21-7-4-10-31-21)24(28(22)23)25(30)27-14-17-5-1-2-6-18(17)15-27/h1-2,4-7,10,19-20,22,24H,3,8-9,11-16H2/t19-,20+,22+,24-/m1/s1. The van der Waals surface area contributed by atoms with E-state index in [1.165, 1.54) is 11.1 Å². The number of rotatable bonds is 3. The minimum atomic E-state index is -0.331. The Bertz CT molecular complexity index is 963. The van der Waals surface area contributed by atoms with Crippen molar-refractivity contribution in [3.05, 3.63) is 59.5 Å². The number of hydrogen-bond acceptors (Lipinski definition) is 4. The Hall–Kier alpha value is -2.60. The molecule has 3 fully saturated rings. The SMILES string of the molecule is O=C([C@H]1[C@H]2C[C@H](CN(Cc3ccco3)C2)[C@@H]2CCCC(=O)N21)N1Cc2ccccc2C1. The van der Waals surface area contributed by atoms with Crippen LogP contribution in [0.5, 0.6) is 0 Å². The quantitative estimate of drug-likeness (QED) is 0.768. The van der Waals surface area contributed by atoms with E-state index in [0.717, 1.165) is 44.7 Å². The molecule has 4 atom stereocenters. The Balaban J connectivity index is 1.28. The van der Waals surface area contributed by atoms with Crippen LogP contribution < -0.4 is 0 Å². The van der Waals surface area contributed by atoms with E-state index in [1.54, 1.807) is 6.26 Å².